The number of nitrogens with one attached hydrogen (secondary N) is 1. The van der Waals surface area contributed by atoms with E-state index in [9.17, 15) is 0 Å². The summed E-state index contributed by atoms with van der Waals surface area (Å²) in [5.74, 6) is 1.95. The van der Waals surface area contributed by atoms with Crippen LogP contribution in [0.4, 0.5) is 5.69 Å². The van der Waals surface area contributed by atoms with Crippen LogP contribution in [0, 0.1) is 5.92 Å². The fraction of sp³-hybridized carbons (Fsp3) is 0.647. The van der Waals surface area contributed by atoms with Gasteiger partial charge in [0.05, 0.1) is 17.6 Å². The fourth-order valence-corrected chi connectivity index (χ4v) is 2.44. The summed E-state index contributed by atoms with van der Waals surface area (Å²) in [6, 6.07) is 0. The molecule has 0 amide bonds. The molecule has 2 rings (SSSR count). The van der Waals surface area contributed by atoms with Crippen molar-refractivity contribution in [2.75, 3.05) is 24.5 Å². The molecule has 0 saturated heterocycles. The summed E-state index contributed by atoms with van der Waals surface area (Å²) < 4.78 is 0. The predicted octanol–water partition coefficient (Wildman–Crippen LogP) is 3.11. The highest BCUT2D eigenvalue weighted by Crippen LogP contribution is 2.22. The van der Waals surface area contributed by atoms with Crippen molar-refractivity contribution in [3.63, 3.8) is 0 Å². The van der Waals surface area contributed by atoms with E-state index in [1.54, 1.807) is 0 Å². The molecule has 1 aliphatic rings. The zero-order valence-corrected chi connectivity index (χ0v) is 13.8. The molecule has 4 nitrogen and oxygen atoms in total. The molecule has 1 aromatic heterocycles. The SMILES string of the molecule is CC(C)CNCc1nc(C(C)C)ncc1N1CC=CCC1. The number of hydrogen-bond donors (Lipinski definition) is 1. The van der Waals surface area contributed by atoms with Crippen molar-refractivity contribution >= 4 is 5.69 Å². The molecule has 0 atom stereocenters. The second-order valence-electron chi connectivity index (χ2n) is 6.45. The number of anilines is 1. The van der Waals surface area contributed by atoms with Gasteiger partial charge in [-0.15, -0.1) is 0 Å². The molecular formula is C17H28N4. The number of hydrogen-bond acceptors (Lipinski definition) is 4. The molecule has 0 spiro atoms. The molecule has 4 heteroatoms. The van der Waals surface area contributed by atoms with Gasteiger partial charge in [-0.05, 0) is 18.9 Å². The molecule has 2 heterocycles. The number of nitrogens with zero attached hydrogens (tertiary/aromatic N) is 3. The van der Waals surface area contributed by atoms with Gasteiger partial charge in [-0.1, -0.05) is 39.8 Å². The molecule has 0 radical (unpaired) electrons. The lowest BCUT2D eigenvalue weighted by Crippen LogP contribution is -2.30. The van der Waals surface area contributed by atoms with Gasteiger partial charge < -0.3 is 10.2 Å². The Morgan fingerprint density at radius 2 is 2.05 bits per heavy atom. The Hall–Kier alpha value is -1.42. The molecule has 0 aliphatic carbocycles. The van der Waals surface area contributed by atoms with Crippen LogP contribution in [0.25, 0.3) is 0 Å². The Morgan fingerprint density at radius 1 is 1.24 bits per heavy atom. The summed E-state index contributed by atoms with van der Waals surface area (Å²) >= 11 is 0. The van der Waals surface area contributed by atoms with Gasteiger partial charge >= 0.3 is 0 Å². The van der Waals surface area contributed by atoms with Gasteiger partial charge in [0, 0.05) is 25.6 Å². The van der Waals surface area contributed by atoms with Crippen molar-refractivity contribution in [2.24, 2.45) is 5.92 Å². The molecule has 1 aliphatic heterocycles. The van der Waals surface area contributed by atoms with Crippen LogP contribution < -0.4 is 10.2 Å². The summed E-state index contributed by atoms with van der Waals surface area (Å²) in [5.41, 5.74) is 2.31. The molecule has 0 saturated carbocycles. The maximum atomic E-state index is 4.80. The molecule has 1 N–H and O–H groups in total. The first kappa shape index (κ1) is 16.0. The molecule has 0 bridgehead atoms. The van der Waals surface area contributed by atoms with Crippen LogP contribution in [0.15, 0.2) is 18.3 Å². The standard InChI is InChI=1S/C17H28N4/c1-13(2)10-18-11-15-16(21-8-6-5-7-9-21)12-19-17(20-15)14(3)4/h5-6,12-14,18H,7-11H2,1-4H3. The molecule has 1 aromatic rings. The average Bonchev–Trinajstić information content (AvgIpc) is 2.47. The minimum atomic E-state index is 0.365. The van der Waals surface area contributed by atoms with E-state index in [0.29, 0.717) is 11.8 Å². The Labute approximate surface area is 128 Å². The van der Waals surface area contributed by atoms with E-state index in [4.69, 9.17) is 4.98 Å². The summed E-state index contributed by atoms with van der Waals surface area (Å²) in [5, 5.41) is 3.51. The third-order valence-corrected chi connectivity index (χ3v) is 3.62. The minimum Gasteiger partial charge on any atom is -0.365 e. The first-order valence-corrected chi connectivity index (χ1v) is 8.04. The van der Waals surface area contributed by atoms with Crippen molar-refractivity contribution in [3.8, 4) is 0 Å². The Bertz CT molecular complexity index is 480. The van der Waals surface area contributed by atoms with Crippen molar-refractivity contribution in [2.45, 2.75) is 46.6 Å². The highest BCUT2D eigenvalue weighted by atomic mass is 15.2. The first-order valence-electron chi connectivity index (χ1n) is 8.04. The minimum absolute atomic E-state index is 0.365. The summed E-state index contributed by atoms with van der Waals surface area (Å²) in [7, 11) is 0. The molecule has 21 heavy (non-hydrogen) atoms. The molecule has 0 fully saturated rings. The maximum absolute atomic E-state index is 4.80. The van der Waals surface area contributed by atoms with Crippen molar-refractivity contribution < 1.29 is 0 Å². The number of rotatable bonds is 6. The third-order valence-electron chi connectivity index (χ3n) is 3.62. The van der Waals surface area contributed by atoms with Gasteiger partial charge in [-0.2, -0.15) is 0 Å². The molecule has 116 valence electrons. The van der Waals surface area contributed by atoms with E-state index >= 15 is 0 Å². The van der Waals surface area contributed by atoms with Crippen LogP contribution in [0.2, 0.25) is 0 Å². The van der Waals surface area contributed by atoms with E-state index in [2.05, 4.69) is 55.0 Å². The molecule has 0 aromatic carbocycles. The van der Waals surface area contributed by atoms with Crippen LogP contribution in [0.3, 0.4) is 0 Å². The largest absolute Gasteiger partial charge is 0.365 e. The molecular weight excluding hydrogens is 260 g/mol. The predicted molar refractivity (Wildman–Crippen MR) is 88.6 cm³/mol. The lowest BCUT2D eigenvalue weighted by atomic mass is 10.1. The van der Waals surface area contributed by atoms with Crippen molar-refractivity contribution in [3.05, 3.63) is 29.9 Å². The lowest BCUT2D eigenvalue weighted by Gasteiger charge is -2.27. The van der Waals surface area contributed by atoms with E-state index in [1.807, 2.05) is 6.20 Å². The van der Waals surface area contributed by atoms with E-state index in [1.165, 1.54) is 5.69 Å². The summed E-state index contributed by atoms with van der Waals surface area (Å²) in [6.45, 7) is 12.6. The van der Waals surface area contributed by atoms with Crippen LogP contribution in [0.1, 0.15) is 51.6 Å². The van der Waals surface area contributed by atoms with Gasteiger partial charge in [0.2, 0.25) is 0 Å². The monoisotopic (exact) mass is 288 g/mol. The highest BCUT2D eigenvalue weighted by molar-refractivity contribution is 5.50. The van der Waals surface area contributed by atoms with Crippen molar-refractivity contribution in [1.82, 2.24) is 15.3 Å². The first-order chi connectivity index (χ1) is 10.1. The summed E-state index contributed by atoms with van der Waals surface area (Å²) in [6.07, 6.45) is 7.58. The second-order valence-corrected chi connectivity index (χ2v) is 6.45. The smallest absolute Gasteiger partial charge is 0.131 e. The van der Waals surface area contributed by atoms with E-state index < -0.39 is 0 Å². The Balaban J connectivity index is 2.18. The van der Waals surface area contributed by atoms with E-state index in [-0.39, 0.29) is 0 Å². The van der Waals surface area contributed by atoms with Crippen molar-refractivity contribution in [1.29, 1.82) is 0 Å². The van der Waals surface area contributed by atoms with Gasteiger partial charge in [-0.3, -0.25) is 0 Å². The van der Waals surface area contributed by atoms with Gasteiger partial charge in [0.1, 0.15) is 5.82 Å². The quantitative estimate of drug-likeness (QED) is 0.817. The Kier molecular flexibility index (Phi) is 5.74. The average molecular weight is 288 g/mol. The fourth-order valence-electron chi connectivity index (χ4n) is 2.44. The zero-order valence-electron chi connectivity index (χ0n) is 13.8. The van der Waals surface area contributed by atoms with Crippen LogP contribution in [-0.2, 0) is 6.54 Å². The zero-order chi connectivity index (χ0) is 15.2. The lowest BCUT2D eigenvalue weighted by molar-refractivity contribution is 0.545. The second kappa shape index (κ2) is 7.55. The van der Waals surface area contributed by atoms with E-state index in [0.717, 1.165) is 44.1 Å². The van der Waals surface area contributed by atoms with Crippen LogP contribution in [-0.4, -0.2) is 29.6 Å². The van der Waals surface area contributed by atoms with Gasteiger partial charge in [0.15, 0.2) is 0 Å². The highest BCUT2D eigenvalue weighted by Gasteiger charge is 2.15. The van der Waals surface area contributed by atoms with Crippen LogP contribution in [0.5, 0.6) is 0 Å². The van der Waals surface area contributed by atoms with Gasteiger partial charge in [0.25, 0.3) is 0 Å². The maximum Gasteiger partial charge on any atom is 0.131 e. The molecule has 0 unspecified atom stereocenters. The third kappa shape index (κ3) is 4.53. The topological polar surface area (TPSA) is 41.1 Å². The van der Waals surface area contributed by atoms with Gasteiger partial charge in [-0.25, -0.2) is 9.97 Å². The number of aromatic nitrogens is 2. The summed E-state index contributed by atoms with van der Waals surface area (Å²) in [4.78, 5) is 11.7. The normalized spacial score (nSPS) is 15.2. The Morgan fingerprint density at radius 3 is 2.67 bits per heavy atom. The van der Waals surface area contributed by atoms with Crippen LogP contribution >= 0.6 is 0 Å².